The Hall–Kier alpha value is -1.64. The van der Waals surface area contributed by atoms with Crippen LogP contribution in [0, 0.1) is 0 Å². The van der Waals surface area contributed by atoms with E-state index in [1.165, 1.54) is 24.8 Å². The molecule has 0 aliphatic heterocycles. The summed E-state index contributed by atoms with van der Waals surface area (Å²) in [6.45, 7) is 0. The van der Waals surface area contributed by atoms with Crippen LogP contribution in [0.4, 0.5) is 0 Å². The zero-order valence-electron chi connectivity index (χ0n) is 9.63. The van der Waals surface area contributed by atoms with Crippen LogP contribution in [0.2, 0.25) is 0 Å². The van der Waals surface area contributed by atoms with E-state index in [0.717, 1.165) is 11.6 Å². The molecule has 86 valence electrons. The molecule has 17 heavy (non-hydrogen) atoms. The summed E-state index contributed by atoms with van der Waals surface area (Å²) in [4.78, 5) is 4.64. The molecule has 2 unspecified atom stereocenters. The summed E-state index contributed by atoms with van der Waals surface area (Å²) < 4.78 is 0. The minimum absolute atomic E-state index is 0.567. The summed E-state index contributed by atoms with van der Waals surface area (Å²) in [6, 6.07) is 10.7. The molecule has 0 radical (unpaired) electrons. The smallest absolute Gasteiger partial charge is 0.153 e. The summed E-state index contributed by atoms with van der Waals surface area (Å²) in [5.41, 5.74) is 1.43. The summed E-state index contributed by atoms with van der Waals surface area (Å²) in [5, 5.41) is 7.46. The molecular weight excluding hydrogens is 210 g/mol. The highest BCUT2D eigenvalue weighted by Crippen LogP contribution is 2.53. The molecule has 0 saturated heterocycles. The van der Waals surface area contributed by atoms with Crippen molar-refractivity contribution >= 4 is 0 Å². The number of rotatable bonds is 3. The van der Waals surface area contributed by atoms with Crippen LogP contribution in [0.15, 0.2) is 30.3 Å². The number of hydrogen-bond acceptors (Lipinski definition) is 2. The van der Waals surface area contributed by atoms with Gasteiger partial charge in [0, 0.05) is 11.8 Å². The van der Waals surface area contributed by atoms with E-state index in [0.29, 0.717) is 17.8 Å². The molecule has 2 atom stereocenters. The Kier molecular flexibility index (Phi) is 1.89. The zero-order valence-corrected chi connectivity index (χ0v) is 9.63. The predicted molar refractivity (Wildman–Crippen MR) is 64.9 cm³/mol. The van der Waals surface area contributed by atoms with E-state index in [1.807, 2.05) is 0 Å². The zero-order chi connectivity index (χ0) is 11.2. The fourth-order valence-corrected chi connectivity index (χ4v) is 2.54. The van der Waals surface area contributed by atoms with Crippen LogP contribution in [-0.4, -0.2) is 15.2 Å². The molecule has 1 aromatic heterocycles. The van der Waals surface area contributed by atoms with Crippen molar-refractivity contribution < 1.29 is 0 Å². The number of aromatic amines is 1. The normalized spacial score (nSPS) is 27.1. The first-order valence-corrected chi connectivity index (χ1v) is 6.39. The number of H-pyrrole nitrogens is 1. The molecule has 1 aromatic carbocycles. The largest absolute Gasteiger partial charge is 0.263 e. The third kappa shape index (κ3) is 1.66. The lowest BCUT2D eigenvalue weighted by molar-refractivity contribution is 0.902. The second-order valence-electron chi connectivity index (χ2n) is 5.21. The lowest BCUT2D eigenvalue weighted by atomic mass is 10.1. The van der Waals surface area contributed by atoms with Gasteiger partial charge in [0.15, 0.2) is 5.82 Å². The molecule has 4 rings (SSSR count). The van der Waals surface area contributed by atoms with Crippen LogP contribution >= 0.6 is 0 Å². The Morgan fingerprint density at radius 1 is 1.06 bits per heavy atom. The van der Waals surface area contributed by atoms with Crippen molar-refractivity contribution in [3.8, 4) is 0 Å². The molecule has 2 saturated carbocycles. The molecule has 2 aliphatic rings. The molecule has 2 aliphatic carbocycles. The van der Waals surface area contributed by atoms with Crippen molar-refractivity contribution in [2.75, 3.05) is 0 Å². The van der Waals surface area contributed by atoms with Crippen LogP contribution in [0.1, 0.15) is 54.2 Å². The topological polar surface area (TPSA) is 41.6 Å². The lowest BCUT2D eigenvalue weighted by Crippen LogP contribution is -1.87. The molecule has 2 fully saturated rings. The molecule has 0 amide bonds. The summed E-state index contributed by atoms with van der Waals surface area (Å²) in [6.07, 6.45) is 3.75. The Morgan fingerprint density at radius 3 is 2.65 bits per heavy atom. The molecule has 2 aromatic rings. The van der Waals surface area contributed by atoms with Gasteiger partial charge in [-0.1, -0.05) is 30.3 Å². The molecule has 3 nitrogen and oxygen atoms in total. The predicted octanol–water partition coefficient (Wildman–Crippen LogP) is 2.95. The van der Waals surface area contributed by atoms with Gasteiger partial charge in [-0.25, -0.2) is 4.98 Å². The van der Waals surface area contributed by atoms with E-state index in [1.54, 1.807) is 0 Å². The SMILES string of the molecule is c1ccc(C2CC2c2nc(C3CC3)n[nH]2)cc1. The standard InChI is InChI=1S/C14H15N3/c1-2-4-9(5-3-1)11-8-12(11)14-15-13(16-17-14)10-6-7-10/h1-5,10-12H,6-8H2,(H,15,16,17). The quantitative estimate of drug-likeness (QED) is 0.872. The first-order valence-electron chi connectivity index (χ1n) is 6.39. The lowest BCUT2D eigenvalue weighted by Gasteiger charge is -1.97. The highest BCUT2D eigenvalue weighted by molar-refractivity contribution is 5.31. The number of aromatic nitrogens is 3. The van der Waals surface area contributed by atoms with Gasteiger partial charge in [-0.2, -0.15) is 5.10 Å². The van der Waals surface area contributed by atoms with Gasteiger partial charge < -0.3 is 0 Å². The van der Waals surface area contributed by atoms with Crippen LogP contribution in [0.25, 0.3) is 0 Å². The minimum atomic E-state index is 0.567. The van der Waals surface area contributed by atoms with Crippen molar-refractivity contribution in [1.82, 2.24) is 15.2 Å². The van der Waals surface area contributed by atoms with Crippen molar-refractivity contribution in [2.45, 2.75) is 37.0 Å². The average molecular weight is 225 g/mol. The van der Waals surface area contributed by atoms with Gasteiger partial charge >= 0.3 is 0 Å². The molecule has 3 heteroatoms. The van der Waals surface area contributed by atoms with Gasteiger partial charge in [-0.3, -0.25) is 5.10 Å². The van der Waals surface area contributed by atoms with Gasteiger partial charge in [0.25, 0.3) is 0 Å². The summed E-state index contributed by atoms with van der Waals surface area (Å²) in [5.74, 6) is 4.00. The van der Waals surface area contributed by atoms with Crippen LogP contribution in [-0.2, 0) is 0 Å². The van der Waals surface area contributed by atoms with Gasteiger partial charge in [-0.05, 0) is 30.7 Å². The van der Waals surface area contributed by atoms with E-state index in [4.69, 9.17) is 0 Å². The van der Waals surface area contributed by atoms with Gasteiger partial charge in [-0.15, -0.1) is 0 Å². The van der Waals surface area contributed by atoms with E-state index in [2.05, 4.69) is 45.5 Å². The fraction of sp³-hybridized carbons (Fsp3) is 0.429. The number of benzene rings is 1. The van der Waals surface area contributed by atoms with Crippen molar-refractivity contribution in [1.29, 1.82) is 0 Å². The van der Waals surface area contributed by atoms with Crippen LogP contribution < -0.4 is 0 Å². The maximum absolute atomic E-state index is 4.64. The second kappa shape index (κ2) is 3.42. The Morgan fingerprint density at radius 2 is 1.88 bits per heavy atom. The van der Waals surface area contributed by atoms with Crippen molar-refractivity contribution in [3.63, 3.8) is 0 Å². The van der Waals surface area contributed by atoms with Crippen LogP contribution in [0.3, 0.4) is 0 Å². The van der Waals surface area contributed by atoms with E-state index < -0.39 is 0 Å². The average Bonchev–Trinajstić information content (AvgIpc) is 3.30. The van der Waals surface area contributed by atoms with Gasteiger partial charge in [0.1, 0.15) is 5.82 Å². The van der Waals surface area contributed by atoms with Gasteiger partial charge in [0.2, 0.25) is 0 Å². The molecule has 1 heterocycles. The molecule has 0 bridgehead atoms. The number of nitrogens with one attached hydrogen (secondary N) is 1. The Bertz CT molecular complexity index is 527. The third-order valence-corrected chi connectivity index (χ3v) is 3.83. The van der Waals surface area contributed by atoms with Crippen LogP contribution in [0.5, 0.6) is 0 Å². The molecule has 0 spiro atoms. The van der Waals surface area contributed by atoms with E-state index in [9.17, 15) is 0 Å². The van der Waals surface area contributed by atoms with E-state index in [-0.39, 0.29) is 0 Å². The highest BCUT2D eigenvalue weighted by Gasteiger charge is 2.42. The maximum Gasteiger partial charge on any atom is 0.153 e. The molecule has 1 N–H and O–H groups in total. The number of nitrogens with zero attached hydrogens (tertiary/aromatic N) is 2. The second-order valence-corrected chi connectivity index (χ2v) is 5.21. The van der Waals surface area contributed by atoms with Crippen molar-refractivity contribution in [2.24, 2.45) is 0 Å². The Labute approximate surface area is 100 Å². The van der Waals surface area contributed by atoms with Crippen molar-refractivity contribution in [3.05, 3.63) is 47.5 Å². The minimum Gasteiger partial charge on any atom is -0.263 e. The maximum atomic E-state index is 4.64. The third-order valence-electron chi connectivity index (χ3n) is 3.83. The van der Waals surface area contributed by atoms with E-state index >= 15 is 0 Å². The number of hydrogen-bond donors (Lipinski definition) is 1. The fourth-order valence-electron chi connectivity index (χ4n) is 2.54. The first-order chi connectivity index (χ1) is 8.42. The summed E-state index contributed by atoms with van der Waals surface area (Å²) >= 11 is 0. The Balaban J connectivity index is 1.53. The molecular formula is C14H15N3. The monoisotopic (exact) mass is 225 g/mol. The highest BCUT2D eigenvalue weighted by atomic mass is 15.2. The van der Waals surface area contributed by atoms with Gasteiger partial charge in [0.05, 0.1) is 0 Å². The first kappa shape index (κ1) is 9.40. The summed E-state index contributed by atoms with van der Waals surface area (Å²) in [7, 11) is 0.